The second-order valence-electron chi connectivity index (χ2n) is 2.10. The molecule has 1 heterocycles. The Balaban J connectivity index is 2.31. The molecule has 62 valence electrons. The fourth-order valence-electron chi connectivity index (χ4n) is 0.664. The van der Waals surface area contributed by atoms with E-state index in [2.05, 4.69) is 9.98 Å². The predicted octanol–water partition coefficient (Wildman–Crippen LogP) is -1.24. The minimum atomic E-state index is -0.239. The molecule has 1 rings (SSSR count). The summed E-state index contributed by atoms with van der Waals surface area (Å²) in [5.41, 5.74) is 5.42. The van der Waals surface area contributed by atoms with Gasteiger partial charge in [0.2, 0.25) is 5.90 Å². The van der Waals surface area contributed by atoms with Gasteiger partial charge < -0.3 is 15.6 Å². The van der Waals surface area contributed by atoms with Crippen molar-refractivity contribution in [1.29, 1.82) is 0 Å². The van der Waals surface area contributed by atoms with Gasteiger partial charge in [0, 0.05) is 0 Å². The molecule has 11 heavy (non-hydrogen) atoms. The first-order chi connectivity index (χ1) is 5.33. The van der Waals surface area contributed by atoms with Gasteiger partial charge in [0.15, 0.2) is 0 Å². The Morgan fingerprint density at radius 2 is 2.64 bits per heavy atom. The maximum atomic E-state index is 8.40. The quantitative estimate of drug-likeness (QED) is 0.526. The Hall–Kier alpha value is -0.940. The van der Waals surface area contributed by atoms with Crippen molar-refractivity contribution in [3.05, 3.63) is 0 Å². The molecule has 0 amide bonds. The van der Waals surface area contributed by atoms with Crippen LogP contribution in [-0.2, 0) is 4.74 Å². The second-order valence-corrected chi connectivity index (χ2v) is 2.10. The lowest BCUT2D eigenvalue weighted by Crippen LogP contribution is -2.27. The summed E-state index contributed by atoms with van der Waals surface area (Å²) in [4.78, 5) is 7.84. The van der Waals surface area contributed by atoms with Crippen LogP contribution in [0, 0.1) is 0 Å². The van der Waals surface area contributed by atoms with Gasteiger partial charge in [-0.25, -0.2) is 4.99 Å². The number of hydrogen-bond acceptors (Lipinski definition) is 5. The van der Waals surface area contributed by atoms with Gasteiger partial charge in [-0.2, -0.15) is 0 Å². The summed E-state index contributed by atoms with van der Waals surface area (Å²) < 4.78 is 4.98. The van der Waals surface area contributed by atoms with Crippen LogP contribution in [0.4, 0.5) is 0 Å². The van der Waals surface area contributed by atoms with Crippen molar-refractivity contribution < 1.29 is 9.84 Å². The lowest BCUT2D eigenvalue weighted by molar-refractivity contribution is 0.195. The molecular formula is C6H11N3O2. The summed E-state index contributed by atoms with van der Waals surface area (Å²) >= 11 is 0. The third-order valence-corrected chi connectivity index (χ3v) is 1.15. The molecular weight excluding hydrogens is 146 g/mol. The highest BCUT2D eigenvalue weighted by Crippen LogP contribution is 1.92. The Morgan fingerprint density at radius 1 is 1.82 bits per heavy atom. The second kappa shape index (κ2) is 4.05. The number of aliphatic imine (C=N–C) groups is 2. The van der Waals surface area contributed by atoms with E-state index in [4.69, 9.17) is 15.6 Å². The predicted molar refractivity (Wildman–Crippen MR) is 41.8 cm³/mol. The first-order valence-corrected chi connectivity index (χ1v) is 3.40. The number of nitrogens with zero attached hydrogens (tertiary/aromatic N) is 2. The molecule has 1 unspecified atom stereocenters. The first-order valence-electron chi connectivity index (χ1n) is 3.40. The van der Waals surface area contributed by atoms with Gasteiger partial charge >= 0.3 is 0 Å². The number of nitrogens with two attached hydrogens (primary N) is 1. The molecule has 0 bridgehead atoms. The van der Waals surface area contributed by atoms with E-state index >= 15 is 0 Å². The summed E-state index contributed by atoms with van der Waals surface area (Å²) in [6.45, 7) is 0.691. The van der Waals surface area contributed by atoms with Crippen LogP contribution in [0.1, 0.15) is 0 Å². The maximum absolute atomic E-state index is 8.40. The van der Waals surface area contributed by atoms with Crippen LogP contribution in [0.2, 0.25) is 0 Å². The Bertz CT molecular complexity index is 179. The summed E-state index contributed by atoms with van der Waals surface area (Å²) in [6, 6.07) is 0. The summed E-state index contributed by atoms with van der Waals surface area (Å²) in [5.74, 6) is 0.445. The lowest BCUT2D eigenvalue weighted by atomic mass is 10.5. The first kappa shape index (κ1) is 8.16. The van der Waals surface area contributed by atoms with Crippen LogP contribution in [0.25, 0.3) is 0 Å². The molecule has 0 aliphatic carbocycles. The van der Waals surface area contributed by atoms with Crippen LogP contribution in [-0.4, -0.2) is 43.1 Å². The van der Waals surface area contributed by atoms with Crippen molar-refractivity contribution in [1.82, 2.24) is 0 Å². The zero-order valence-corrected chi connectivity index (χ0v) is 6.10. The van der Waals surface area contributed by atoms with Crippen LogP contribution in [0.5, 0.6) is 0 Å². The molecule has 0 radical (unpaired) electrons. The smallest absolute Gasteiger partial charge is 0.227 e. The van der Waals surface area contributed by atoms with E-state index < -0.39 is 0 Å². The number of hydrogen-bond donors (Lipinski definition) is 2. The Labute approximate surface area is 64.6 Å². The zero-order chi connectivity index (χ0) is 8.10. The maximum Gasteiger partial charge on any atom is 0.227 e. The van der Waals surface area contributed by atoms with E-state index in [0.717, 1.165) is 0 Å². The van der Waals surface area contributed by atoms with E-state index in [1.807, 2.05) is 0 Å². The molecule has 0 fully saturated rings. The zero-order valence-electron chi connectivity index (χ0n) is 6.10. The number of ether oxygens (including phenoxy) is 1. The number of rotatable bonds is 2. The highest BCUT2D eigenvalue weighted by atomic mass is 16.5. The van der Waals surface area contributed by atoms with Gasteiger partial charge in [-0.05, 0) is 0 Å². The molecule has 0 aromatic carbocycles. The Morgan fingerprint density at radius 3 is 3.18 bits per heavy atom. The SMILES string of the molecule is NC1CN=C(OCCO)C=N1. The van der Waals surface area contributed by atoms with Crippen LogP contribution < -0.4 is 5.73 Å². The van der Waals surface area contributed by atoms with Crippen LogP contribution in [0.15, 0.2) is 9.98 Å². The normalized spacial score (nSPS) is 23.1. The number of aliphatic hydroxyl groups is 1. The monoisotopic (exact) mass is 157 g/mol. The molecule has 0 aromatic heterocycles. The molecule has 0 saturated carbocycles. The van der Waals surface area contributed by atoms with E-state index in [-0.39, 0.29) is 19.4 Å². The van der Waals surface area contributed by atoms with E-state index in [1.54, 1.807) is 0 Å². The van der Waals surface area contributed by atoms with Gasteiger partial charge in [0.25, 0.3) is 0 Å². The molecule has 0 spiro atoms. The standard InChI is InChI=1S/C6H11N3O2/c7-5-3-9-6(4-8-5)11-2-1-10/h4-5,10H,1-3,7H2. The summed E-state index contributed by atoms with van der Waals surface area (Å²) in [5, 5.41) is 8.40. The highest BCUT2D eigenvalue weighted by molar-refractivity contribution is 6.26. The van der Waals surface area contributed by atoms with Crippen LogP contribution >= 0.6 is 0 Å². The average molecular weight is 157 g/mol. The van der Waals surface area contributed by atoms with Crippen molar-refractivity contribution in [3.63, 3.8) is 0 Å². The van der Waals surface area contributed by atoms with E-state index in [1.165, 1.54) is 6.21 Å². The van der Waals surface area contributed by atoms with E-state index in [9.17, 15) is 0 Å². The average Bonchev–Trinajstić information content (AvgIpc) is 2.04. The lowest BCUT2D eigenvalue weighted by Gasteiger charge is -2.10. The minimum absolute atomic E-state index is 0.0150. The van der Waals surface area contributed by atoms with Gasteiger partial charge in [0.1, 0.15) is 12.8 Å². The molecule has 0 saturated heterocycles. The molecule has 0 aromatic rings. The topological polar surface area (TPSA) is 80.2 Å². The molecule has 5 heteroatoms. The van der Waals surface area contributed by atoms with E-state index in [0.29, 0.717) is 12.4 Å². The van der Waals surface area contributed by atoms with Crippen molar-refractivity contribution in [2.45, 2.75) is 6.17 Å². The molecule has 5 nitrogen and oxygen atoms in total. The van der Waals surface area contributed by atoms with Crippen molar-refractivity contribution in [3.8, 4) is 0 Å². The summed E-state index contributed by atoms with van der Waals surface area (Å²) in [7, 11) is 0. The fraction of sp³-hybridized carbons (Fsp3) is 0.667. The molecule has 1 aliphatic heterocycles. The minimum Gasteiger partial charge on any atom is -0.474 e. The largest absolute Gasteiger partial charge is 0.474 e. The molecule has 1 atom stereocenters. The van der Waals surface area contributed by atoms with Gasteiger partial charge in [-0.15, -0.1) is 0 Å². The molecule has 3 N–H and O–H groups in total. The van der Waals surface area contributed by atoms with Gasteiger partial charge in [-0.1, -0.05) is 0 Å². The summed E-state index contributed by atoms with van der Waals surface area (Å²) in [6.07, 6.45) is 1.24. The van der Waals surface area contributed by atoms with Gasteiger partial charge in [-0.3, -0.25) is 4.99 Å². The fourth-order valence-corrected chi connectivity index (χ4v) is 0.664. The third-order valence-electron chi connectivity index (χ3n) is 1.15. The van der Waals surface area contributed by atoms with Crippen molar-refractivity contribution >= 4 is 12.1 Å². The van der Waals surface area contributed by atoms with Gasteiger partial charge in [0.05, 0.1) is 19.4 Å². The number of aliphatic hydroxyl groups excluding tert-OH is 1. The molecule has 1 aliphatic rings. The third kappa shape index (κ3) is 2.65. The van der Waals surface area contributed by atoms with Crippen molar-refractivity contribution in [2.24, 2.45) is 15.7 Å². The van der Waals surface area contributed by atoms with Crippen molar-refractivity contribution in [2.75, 3.05) is 19.8 Å². The highest BCUT2D eigenvalue weighted by Gasteiger charge is 2.05. The van der Waals surface area contributed by atoms with Crippen LogP contribution in [0.3, 0.4) is 0 Å². The Kier molecular flexibility index (Phi) is 3.00.